The molecule has 2 saturated heterocycles. The zero-order valence-corrected chi connectivity index (χ0v) is 35.5. The molecule has 328 valence electrons. The average Bonchev–Trinajstić information content (AvgIpc) is 3.66. The van der Waals surface area contributed by atoms with E-state index in [4.69, 9.17) is 38.5 Å². The summed E-state index contributed by atoms with van der Waals surface area (Å²) in [5, 5.41) is 9.69. The second-order valence-electron chi connectivity index (χ2n) is 14.9. The first kappa shape index (κ1) is 47.1. The van der Waals surface area contributed by atoms with E-state index in [1.807, 2.05) is 24.9 Å². The third kappa shape index (κ3) is 11.8. The van der Waals surface area contributed by atoms with Crippen LogP contribution in [0.25, 0.3) is 11.0 Å². The minimum Gasteiger partial charge on any atom is -0.460 e. The van der Waals surface area contributed by atoms with E-state index in [1.54, 1.807) is 62.4 Å². The number of anilines is 1. The Bertz CT molecular complexity index is 2120. The number of nitriles is 1. The van der Waals surface area contributed by atoms with Crippen LogP contribution >= 0.6 is 0 Å². The van der Waals surface area contributed by atoms with Gasteiger partial charge in [-0.15, -0.1) is 0 Å². The van der Waals surface area contributed by atoms with E-state index in [0.717, 1.165) is 6.42 Å². The Morgan fingerprint density at radius 3 is 2.26 bits per heavy atom. The van der Waals surface area contributed by atoms with Gasteiger partial charge in [0.1, 0.15) is 37.0 Å². The summed E-state index contributed by atoms with van der Waals surface area (Å²) in [7, 11) is 5.08. The van der Waals surface area contributed by atoms with Gasteiger partial charge in [-0.2, -0.15) is 14.9 Å². The highest BCUT2D eigenvalue weighted by Crippen LogP contribution is 2.34. The van der Waals surface area contributed by atoms with Crippen LogP contribution in [0, 0.1) is 23.2 Å². The normalized spacial score (nSPS) is 22.0. The first-order chi connectivity index (χ1) is 29.0. The Hall–Kier alpha value is -6.58. The number of ether oxygens (including phenoxy) is 5. The topological polar surface area (TPSA) is 233 Å². The number of fused-ring (bicyclic) bond motifs is 1. The van der Waals surface area contributed by atoms with Gasteiger partial charge in [-0.1, -0.05) is 32.0 Å². The molecule has 3 aromatic rings. The highest BCUT2D eigenvalue weighted by Gasteiger charge is 2.48. The molecule has 61 heavy (non-hydrogen) atoms. The molecule has 0 bridgehead atoms. The van der Waals surface area contributed by atoms with Gasteiger partial charge in [0.2, 0.25) is 18.3 Å². The zero-order valence-electron chi connectivity index (χ0n) is 35.5. The van der Waals surface area contributed by atoms with Crippen molar-refractivity contribution in [2.75, 3.05) is 52.2 Å². The van der Waals surface area contributed by atoms with Gasteiger partial charge in [0.25, 0.3) is 0 Å². The average molecular weight is 849 g/mol. The molecule has 4 heterocycles. The van der Waals surface area contributed by atoms with Crippen LogP contribution in [0.3, 0.4) is 0 Å². The molecule has 0 unspecified atom stereocenters. The van der Waals surface area contributed by atoms with Crippen LogP contribution in [0.4, 0.5) is 15.4 Å². The van der Waals surface area contributed by atoms with Gasteiger partial charge in [0, 0.05) is 78.8 Å². The number of carbonyl (C=O) groups excluding carboxylic acids is 7. The molecule has 0 spiro atoms. The van der Waals surface area contributed by atoms with Crippen LogP contribution in [0.2, 0.25) is 0 Å². The lowest BCUT2D eigenvalue weighted by Gasteiger charge is -2.43. The summed E-state index contributed by atoms with van der Waals surface area (Å²) in [6.45, 7) is 9.47. The number of aromatic nitrogens is 3. The quantitative estimate of drug-likeness (QED) is 0.188. The van der Waals surface area contributed by atoms with E-state index in [9.17, 15) is 24.0 Å². The van der Waals surface area contributed by atoms with Crippen LogP contribution in [0.1, 0.15) is 53.0 Å². The van der Waals surface area contributed by atoms with E-state index in [2.05, 4.69) is 16.9 Å². The summed E-state index contributed by atoms with van der Waals surface area (Å²) in [6, 6.07) is 10.1. The number of hydrogen-bond acceptors (Lipinski definition) is 16. The van der Waals surface area contributed by atoms with Crippen molar-refractivity contribution in [2.45, 2.75) is 84.7 Å². The molecule has 3 amide bonds. The lowest BCUT2D eigenvalue weighted by atomic mass is 9.91. The molecule has 0 saturated carbocycles. The van der Waals surface area contributed by atoms with Crippen molar-refractivity contribution in [1.29, 1.82) is 5.26 Å². The molecule has 20 heteroatoms. The molecular weight excluding hydrogens is 796 g/mol. The number of hydrogen-bond donors (Lipinski definition) is 0. The van der Waals surface area contributed by atoms with Gasteiger partial charge in [-0.25, -0.2) is 19.6 Å². The SMILES string of the molecule is CC(=O)O[C@H]1[C@H](Oc2ccccc2COC(=O)N(C)CCN(C)C(=O)n2ccc3c(N(C)[C@H]4CN(C(=O)CC#N)CC[C@H]4C)ncnc32)O[C@H](C)[C@@H](C)[C@@H]1OC(C)=O.O=C=O. The number of likely N-dealkylation sites (tertiary alicyclic amines) is 1. The third-order valence-corrected chi connectivity index (χ3v) is 10.8. The molecule has 2 aromatic heterocycles. The molecule has 2 aliphatic heterocycles. The van der Waals surface area contributed by atoms with Gasteiger partial charge < -0.3 is 43.3 Å². The molecule has 0 N–H and O–H groups in total. The number of para-hydroxylation sites is 1. The Kier molecular flexibility index (Phi) is 16.7. The Balaban J connectivity index is 0.00000265. The van der Waals surface area contributed by atoms with Gasteiger partial charge >= 0.3 is 30.2 Å². The Labute approximate surface area is 353 Å². The zero-order chi connectivity index (χ0) is 45.0. The first-order valence-corrected chi connectivity index (χ1v) is 19.6. The number of esters is 2. The smallest absolute Gasteiger partial charge is 0.409 e. The standard InChI is InChI=1S/C40H52N8O10.CO2/c1-24-14-17-47(33(51)13-16-41)21-31(24)46(8)36-30-15-18-48(37(30)43-23-42-36)39(52)44(6)19-20-45(7)40(53)54-22-29-11-9-10-12-32(29)58-38-35(57-28(5)50)34(56-27(4)49)25(2)26(3)55-38;2-1-3/h9-12,15,18,23-26,31,34-35,38H,13-14,17,19-22H2,1-8H3;/t24-,25-,26-,31+,34+,35-,38+;/m1./s1. The highest BCUT2D eigenvalue weighted by atomic mass is 16.7. The minimum absolute atomic E-state index is 0.0627. The Morgan fingerprint density at radius 1 is 0.934 bits per heavy atom. The summed E-state index contributed by atoms with van der Waals surface area (Å²) < 4.78 is 30.4. The second kappa shape index (κ2) is 21.6. The van der Waals surface area contributed by atoms with E-state index in [-0.39, 0.29) is 62.1 Å². The van der Waals surface area contributed by atoms with Crippen LogP contribution in [0.15, 0.2) is 42.9 Å². The summed E-state index contributed by atoms with van der Waals surface area (Å²) in [5.41, 5.74) is 0.915. The summed E-state index contributed by atoms with van der Waals surface area (Å²) in [4.78, 5) is 95.0. The summed E-state index contributed by atoms with van der Waals surface area (Å²) in [6.07, 6.45) is -0.153. The molecule has 1 aromatic carbocycles. The minimum atomic E-state index is -1.12. The van der Waals surface area contributed by atoms with Gasteiger partial charge in [-0.05, 0) is 31.4 Å². The van der Waals surface area contributed by atoms with Crippen molar-refractivity contribution in [1.82, 2.24) is 29.2 Å². The van der Waals surface area contributed by atoms with Crippen molar-refractivity contribution in [3.05, 3.63) is 48.4 Å². The second-order valence-corrected chi connectivity index (χ2v) is 14.9. The largest absolute Gasteiger partial charge is 0.460 e. The van der Waals surface area contributed by atoms with Crippen LogP contribution in [-0.4, -0.2) is 143 Å². The molecule has 0 aliphatic carbocycles. The number of carbonyl (C=O) groups is 5. The lowest BCUT2D eigenvalue weighted by molar-refractivity contribution is -0.263. The first-order valence-electron chi connectivity index (χ1n) is 19.6. The number of amides is 3. The summed E-state index contributed by atoms with van der Waals surface area (Å²) in [5.74, 6) is -0.456. The predicted molar refractivity (Wildman–Crippen MR) is 213 cm³/mol. The molecular formula is C41H52N8O12. The van der Waals surface area contributed by atoms with Gasteiger partial charge in [-0.3, -0.25) is 19.0 Å². The Morgan fingerprint density at radius 2 is 1.59 bits per heavy atom. The molecule has 0 radical (unpaired) electrons. The van der Waals surface area contributed by atoms with Crippen LogP contribution in [-0.2, 0) is 49.5 Å². The monoisotopic (exact) mass is 848 g/mol. The van der Waals surface area contributed by atoms with Crippen molar-refractivity contribution in [3.8, 4) is 11.8 Å². The molecule has 2 aliphatic rings. The number of likely N-dealkylation sites (N-methyl/N-ethyl adjacent to an activating group) is 3. The van der Waals surface area contributed by atoms with Crippen LogP contribution in [0.5, 0.6) is 5.75 Å². The highest BCUT2D eigenvalue weighted by molar-refractivity contribution is 5.95. The van der Waals surface area contributed by atoms with Crippen LogP contribution < -0.4 is 9.64 Å². The molecule has 5 rings (SSSR count). The number of benzene rings is 1. The number of nitrogens with zero attached hydrogens (tertiary/aromatic N) is 8. The molecule has 2 fully saturated rings. The number of piperidine rings is 1. The third-order valence-electron chi connectivity index (χ3n) is 10.8. The molecule has 7 atom stereocenters. The fourth-order valence-electron chi connectivity index (χ4n) is 7.18. The predicted octanol–water partition coefficient (Wildman–Crippen LogP) is 3.23. The maximum Gasteiger partial charge on any atom is 0.409 e. The maximum absolute atomic E-state index is 13.7. The summed E-state index contributed by atoms with van der Waals surface area (Å²) >= 11 is 0. The van der Waals surface area contributed by atoms with Gasteiger partial charge in [0.15, 0.2) is 5.65 Å². The van der Waals surface area contributed by atoms with Crippen molar-refractivity contribution < 1.29 is 57.2 Å². The van der Waals surface area contributed by atoms with E-state index in [0.29, 0.717) is 41.3 Å². The molecule has 20 nitrogen and oxygen atoms in total. The van der Waals surface area contributed by atoms with E-state index < -0.39 is 42.6 Å². The van der Waals surface area contributed by atoms with Crippen molar-refractivity contribution in [2.24, 2.45) is 11.8 Å². The van der Waals surface area contributed by atoms with Crippen molar-refractivity contribution >= 4 is 53.0 Å². The fourth-order valence-corrected chi connectivity index (χ4v) is 7.18. The van der Waals surface area contributed by atoms with Gasteiger partial charge in [0.05, 0.1) is 23.6 Å². The maximum atomic E-state index is 13.7. The number of rotatable bonds is 12. The lowest BCUT2D eigenvalue weighted by Crippen LogP contribution is -2.57. The fraction of sp³-hybridized carbons (Fsp3) is 0.537. The van der Waals surface area contributed by atoms with E-state index >= 15 is 0 Å². The van der Waals surface area contributed by atoms with E-state index in [1.165, 1.54) is 34.5 Å². The van der Waals surface area contributed by atoms with Crippen molar-refractivity contribution in [3.63, 3.8) is 0 Å².